The number of hydrogen-bond donors (Lipinski definition) is 1. The molecule has 6 nitrogen and oxygen atoms in total. The van der Waals surface area contributed by atoms with Crippen molar-refractivity contribution in [3.8, 4) is 5.75 Å². The summed E-state index contributed by atoms with van der Waals surface area (Å²) in [6, 6.07) is 4.20. The van der Waals surface area contributed by atoms with Crippen molar-refractivity contribution in [3.05, 3.63) is 33.9 Å². The third kappa shape index (κ3) is 3.33. The monoisotopic (exact) mass is 272 g/mol. The molecule has 7 heteroatoms. The molecule has 0 aliphatic heterocycles. The fourth-order valence-corrected chi connectivity index (χ4v) is 1.56. The third-order valence-electron chi connectivity index (χ3n) is 2.24. The number of nitrogens with zero attached hydrogens (tertiary/aromatic N) is 1. The number of methoxy groups -OCH3 is 1. The van der Waals surface area contributed by atoms with Crippen LogP contribution in [0.15, 0.2) is 18.2 Å². The fourth-order valence-electron chi connectivity index (χ4n) is 1.43. The lowest BCUT2D eigenvalue weighted by Crippen LogP contribution is -2.25. The van der Waals surface area contributed by atoms with Gasteiger partial charge < -0.3 is 10.1 Å². The van der Waals surface area contributed by atoms with Crippen molar-refractivity contribution >= 4 is 23.2 Å². The summed E-state index contributed by atoms with van der Waals surface area (Å²) in [4.78, 5) is 22.0. The van der Waals surface area contributed by atoms with Crippen molar-refractivity contribution in [2.75, 3.05) is 19.5 Å². The van der Waals surface area contributed by atoms with E-state index < -0.39 is 10.8 Å². The second kappa shape index (κ2) is 6.80. The van der Waals surface area contributed by atoms with Crippen molar-refractivity contribution < 1.29 is 14.5 Å². The van der Waals surface area contributed by atoms with E-state index in [4.69, 9.17) is 16.3 Å². The van der Waals surface area contributed by atoms with Crippen molar-refractivity contribution in [2.24, 2.45) is 0 Å². The maximum absolute atomic E-state index is 11.8. The number of nitro groups is 1. The minimum Gasteiger partial charge on any atom is -0.490 e. The van der Waals surface area contributed by atoms with E-state index in [1.165, 1.54) is 25.3 Å². The quantitative estimate of drug-likeness (QED) is 0.371. The van der Waals surface area contributed by atoms with Crippen LogP contribution >= 0.6 is 11.6 Å². The number of carbonyl (C=O) groups excluding carboxylic acids is 1. The molecule has 0 spiro atoms. The molecule has 0 saturated carbocycles. The lowest BCUT2D eigenvalue weighted by Gasteiger charge is -2.08. The minimum atomic E-state index is -0.589. The van der Waals surface area contributed by atoms with Crippen LogP contribution in [0.1, 0.15) is 16.8 Å². The maximum atomic E-state index is 11.8. The van der Waals surface area contributed by atoms with Crippen LogP contribution in [-0.4, -0.2) is 30.4 Å². The second-order valence-corrected chi connectivity index (χ2v) is 3.79. The normalized spacial score (nSPS) is 9.89. The Hall–Kier alpha value is -1.82. The number of alkyl halides is 1. The number of para-hydroxylation sites is 1. The van der Waals surface area contributed by atoms with E-state index in [1.54, 1.807) is 0 Å². The highest BCUT2D eigenvalue weighted by Crippen LogP contribution is 2.30. The Labute approximate surface area is 109 Å². The van der Waals surface area contributed by atoms with E-state index in [9.17, 15) is 14.9 Å². The number of amides is 1. The van der Waals surface area contributed by atoms with Crippen LogP contribution in [0.25, 0.3) is 0 Å². The molecule has 98 valence electrons. The molecule has 1 N–H and O–H groups in total. The zero-order chi connectivity index (χ0) is 13.5. The smallest absolute Gasteiger partial charge is 0.311 e. The Morgan fingerprint density at radius 3 is 2.83 bits per heavy atom. The Morgan fingerprint density at radius 1 is 1.56 bits per heavy atom. The van der Waals surface area contributed by atoms with E-state index >= 15 is 0 Å². The highest BCUT2D eigenvalue weighted by atomic mass is 35.5. The van der Waals surface area contributed by atoms with Gasteiger partial charge in [0.05, 0.1) is 17.6 Å². The number of ether oxygens (including phenoxy) is 1. The molecule has 1 rings (SSSR count). The van der Waals surface area contributed by atoms with Gasteiger partial charge in [-0.2, -0.15) is 0 Å². The Kier molecular flexibility index (Phi) is 5.38. The van der Waals surface area contributed by atoms with Crippen LogP contribution in [0, 0.1) is 10.1 Å². The molecule has 0 aromatic heterocycles. The molecule has 0 radical (unpaired) electrons. The van der Waals surface area contributed by atoms with Crippen LogP contribution in [0.3, 0.4) is 0 Å². The topological polar surface area (TPSA) is 81.5 Å². The summed E-state index contributed by atoms with van der Waals surface area (Å²) >= 11 is 5.49. The van der Waals surface area contributed by atoms with E-state index in [2.05, 4.69) is 5.32 Å². The van der Waals surface area contributed by atoms with Gasteiger partial charge in [0, 0.05) is 18.5 Å². The van der Waals surface area contributed by atoms with Gasteiger partial charge in [-0.1, -0.05) is 6.07 Å². The number of nitro benzene ring substituents is 1. The van der Waals surface area contributed by atoms with E-state index in [0.717, 1.165) is 0 Å². The average molecular weight is 273 g/mol. The molecule has 1 aromatic rings. The zero-order valence-corrected chi connectivity index (χ0v) is 10.6. The van der Waals surface area contributed by atoms with Gasteiger partial charge in [0.15, 0.2) is 0 Å². The van der Waals surface area contributed by atoms with Crippen LogP contribution < -0.4 is 10.1 Å². The lowest BCUT2D eigenvalue weighted by molar-refractivity contribution is -0.385. The van der Waals surface area contributed by atoms with E-state index in [0.29, 0.717) is 18.8 Å². The summed E-state index contributed by atoms with van der Waals surface area (Å²) in [5.41, 5.74) is -0.0937. The minimum absolute atomic E-state index is 0.0362. The first-order chi connectivity index (χ1) is 8.61. The molecule has 18 heavy (non-hydrogen) atoms. The highest BCUT2D eigenvalue weighted by molar-refractivity contribution is 6.17. The number of rotatable bonds is 6. The summed E-state index contributed by atoms with van der Waals surface area (Å²) in [5.74, 6) is -0.0154. The van der Waals surface area contributed by atoms with Gasteiger partial charge in [-0.05, 0) is 12.5 Å². The summed E-state index contributed by atoms with van der Waals surface area (Å²) < 4.78 is 4.94. The van der Waals surface area contributed by atoms with Crippen LogP contribution in [0.2, 0.25) is 0 Å². The molecule has 0 fully saturated rings. The summed E-state index contributed by atoms with van der Waals surface area (Å²) in [6.45, 7) is 0.411. The van der Waals surface area contributed by atoms with Crippen LogP contribution in [0.5, 0.6) is 5.75 Å². The molecule has 1 amide bonds. The molecule has 0 saturated heterocycles. The summed E-state index contributed by atoms with van der Waals surface area (Å²) in [5, 5.41) is 13.4. The van der Waals surface area contributed by atoms with Crippen molar-refractivity contribution in [2.45, 2.75) is 6.42 Å². The maximum Gasteiger partial charge on any atom is 0.311 e. The zero-order valence-electron chi connectivity index (χ0n) is 9.81. The fraction of sp³-hybridized carbons (Fsp3) is 0.364. The molecule has 0 unspecified atom stereocenters. The van der Waals surface area contributed by atoms with Gasteiger partial charge in [-0.25, -0.2) is 0 Å². The molecular formula is C11H13ClN2O4. The van der Waals surface area contributed by atoms with Crippen molar-refractivity contribution in [1.82, 2.24) is 5.32 Å². The predicted octanol–water partition coefficient (Wildman–Crippen LogP) is 1.96. The molecule has 0 aliphatic rings. The predicted molar refractivity (Wildman–Crippen MR) is 67.3 cm³/mol. The number of halogens is 1. The standard InChI is InChI=1S/C11H13ClN2O4/c1-18-10-8(11(15)13-7-3-6-12)4-2-5-9(10)14(16)17/h2,4-5H,3,6-7H2,1H3,(H,13,15). The first-order valence-corrected chi connectivity index (χ1v) is 5.80. The average Bonchev–Trinajstić information content (AvgIpc) is 2.37. The van der Waals surface area contributed by atoms with Crippen LogP contribution in [-0.2, 0) is 0 Å². The SMILES string of the molecule is COc1c(C(=O)NCCCCl)cccc1[N+](=O)[O-]. The largest absolute Gasteiger partial charge is 0.490 e. The molecule has 0 heterocycles. The third-order valence-corrected chi connectivity index (χ3v) is 2.50. The highest BCUT2D eigenvalue weighted by Gasteiger charge is 2.21. The van der Waals surface area contributed by atoms with Crippen molar-refractivity contribution in [3.63, 3.8) is 0 Å². The first kappa shape index (κ1) is 14.2. The lowest BCUT2D eigenvalue weighted by atomic mass is 10.1. The first-order valence-electron chi connectivity index (χ1n) is 5.27. The number of benzene rings is 1. The van der Waals surface area contributed by atoms with Gasteiger partial charge in [-0.3, -0.25) is 14.9 Å². The molecule has 0 bridgehead atoms. The van der Waals surface area contributed by atoms with Crippen LogP contribution in [0.4, 0.5) is 5.69 Å². The van der Waals surface area contributed by atoms with E-state index in [1.807, 2.05) is 0 Å². The van der Waals surface area contributed by atoms with Gasteiger partial charge >= 0.3 is 5.69 Å². The number of hydrogen-bond acceptors (Lipinski definition) is 4. The second-order valence-electron chi connectivity index (χ2n) is 3.41. The van der Waals surface area contributed by atoms with Gasteiger partial charge in [0.2, 0.25) is 5.75 Å². The van der Waals surface area contributed by atoms with Gasteiger partial charge in [0.25, 0.3) is 5.91 Å². The number of carbonyl (C=O) groups is 1. The molecule has 0 atom stereocenters. The Balaban J connectivity index is 2.97. The van der Waals surface area contributed by atoms with E-state index in [-0.39, 0.29) is 17.0 Å². The number of nitrogens with one attached hydrogen (secondary N) is 1. The van der Waals surface area contributed by atoms with Gasteiger partial charge in [-0.15, -0.1) is 11.6 Å². The molecule has 1 aromatic carbocycles. The Morgan fingerprint density at radius 2 is 2.28 bits per heavy atom. The molecule has 0 aliphatic carbocycles. The molecular weight excluding hydrogens is 260 g/mol. The summed E-state index contributed by atoms with van der Waals surface area (Å²) in [6.07, 6.45) is 0.630. The van der Waals surface area contributed by atoms with Crippen molar-refractivity contribution in [1.29, 1.82) is 0 Å². The Bertz CT molecular complexity index is 451. The van der Waals surface area contributed by atoms with Gasteiger partial charge in [0.1, 0.15) is 0 Å². The summed E-state index contributed by atoms with van der Waals surface area (Å²) in [7, 11) is 1.29.